The average molecular weight is 368 g/mol. The highest BCUT2D eigenvalue weighted by atomic mass is 32.2. The van der Waals surface area contributed by atoms with E-state index < -0.39 is 0 Å². The van der Waals surface area contributed by atoms with Crippen molar-refractivity contribution in [3.8, 4) is 0 Å². The van der Waals surface area contributed by atoms with Crippen LogP contribution in [0.4, 0.5) is 5.13 Å². The largest absolute Gasteiger partial charge is 0.376 e. The SMILES string of the molecule is Cc1nc(NC(=O)CSc2nnc(C)n2C[C@@H]2CCCO2)sc1C. The third-order valence-electron chi connectivity index (χ3n) is 3.92. The summed E-state index contributed by atoms with van der Waals surface area (Å²) in [5.41, 5.74) is 0.954. The van der Waals surface area contributed by atoms with Gasteiger partial charge in [0.15, 0.2) is 10.3 Å². The molecule has 0 saturated carbocycles. The molecule has 130 valence electrons. The van der Waals surface area contributed by atoms with E-state index in [9.17, 15) is 4.79 Å². The van der Waals surface area contributed by atoms with E-state index in [1.807, 2.05) is 25.3 Å². The number of nitrogens with one attached hydrogen (secondary N) is 1. The smallest absolute Gasteiger partial charge is 0.236 e. The highest BCUT2D eigenvalue weighted by Gasteiger charge is 2.20. The molecule has 0 aliphatic carbocycles. The molecule has 7 nitrogen and oxygen atoms in total. The number of carbonyl (C=O) groups excluding carboxylic acids is 1. The van der Waals surface area contributed by atoms with Gasteiger partial charge < -0.3 is 14.6 Å². The van der Waals surface area contributed by atoms with Crippen LogP contribution in [0, 0.1) is 20.8 Å². The van der Waals surface area contributed by atoms with Gasteiger partial charge in [0.25, 0.3) is 0 Å². The van der Waals surface area contributed by atoms with Gasteiger partial charge in [-0.3, -0.25) is 4.79 Å². The Morgan fingerprint density at radius 3 is 2.92 bits per heavy atom. The molecule has 3 heterocycles. The lowest BCUT2D eigenvalue weighted by Crippen LogP contribution is -2.18. The maximum absolute atomic E-state index is 12.1. The first-order valence-corrected chi connectivity index (χ1v) is 9.71. The molecule has 1 fully saturated rings. The molecule has 2 aromatic rings. The van der Waals surface area contributed by atoms with Gasteiger partial charge in [-0.25, -0.2) is 4.98 Å². The van der Waals surface area contributed by atoms with Crippen LogP contribution in [0.15, 0.2) is 5.16 Å². The predicted octanol–water partition coefficient (Wildman–Crippen LogP) is 2.57. The molecule has 1 N–H and O–H groups in total. The number of thiazole rings is 1. The van der Waals surface area contributed by atoms with Crippen LogP contribution in [0.25, 0.3) is 0 Å². The molecule has 2 aromatic heterocycles. The van der Waals surface area contributed by atoms with Crippen molar-refractivity contribution in [2.75, 3.05) is 17.7 Å². The Kier molecular flexibility index (Phi) is 5.52. The van der Waals surface area contributed by atoms with Gasteiger partial charge in [-0.05, 0) is 33.6 Å². The summed E-state index contributed by atoms with van der Waals surface area (Å²) < 4.78 is 7.72. The van der Waals surface area contributed by atoms with E-state index in [0.717, 1.165) is 47.5 Å². The second-order valence-electron chi connectivity index (χ2n) is 5.77. The number of aromatic nitrogens is 4. The van der Waals surface area contributed by atoms with E-state index in [4.69, 9.17) is 4.74 Å². The van der Waals surface area contributed by atoms with Crippen molar-refractivity contribution in [3.05, 3.63) is 16.4 Å². The first-order valence-electron chi connectivity index (χ1n) is 7.91. The fourth-order valence-electron chi connectivity index (χ4n) is 2.48. The topological polar surface area (TPSA) is 81.9 Å². The molecule has 0 radical (unpaired) electrons. The molecule has 24 heavy (non-hydrogen) atoms. The zero-order valence-corrected chi connectivity index (χ0v) is 15.7. The van der Waals surface area contributed by atoms with E-state index in [-0.39, 0.29) is 17.8 Å². The second-order valence-corrected chi connectivity index (χ2v) is 7.92. The summed E-state index contributed by atoms with van der Waals surface area (Å²) in [5, 5.41) is 12.6. The number of anilines is 1. The highest BCUT2D eigenvalue weighted by molar-refractivity contribution is 7.99. The molecule has 0 aromatic carbocycles. The fraction of sp³-hybridized carbons (Fsp3) is 0.600. The fourth-order valence-corrected chi connectivity index (χ4v) is 4.11. The summed E-state index contributed by atoms with van der Waals surface area (Å²) in [6, 6.07) is 0. The Hall–Kier alpha value is -1.45. The third-order valence-corrected chi connectivity index (χ3v) is 5.87. The van der Waals surface area contributed by atoms with Crippen LogP contribution in [0.1, 0.15) is 29.2 Å². The number of rotatable bonds is 6. The monoisotopic (exact) mass is 367 g/mol. The summed E-state index contributed by atoms with van der Waals surface area (Å²) >= 11 is 2.88. The van der Waals surface area contributed by atoms with E-state index in [0.29, 0.717) is 5.13 Å². The van der Waals surface area contributed by atoms with Crippen molar-refractivity contribution in [3.63, 3.8) is 0 Å². The molecule has 1 saturated heterocycles. The maximum atomic E-state index is 12.1. The number of hydrogen-bond acceptors (Lipinski definition) is 7. The Morgan fingerprint density at radius 2 is 2.25 bits per heavy atom. The van der Waals surface area contributed by atoms with Crippen molar-refractivity contribution in [2.45, 2.75) is 51.4 Å². The number of hydrogen-bond donors (Lipinski definition) is 1. The van der Waals surface area contributed by atoms with Gasteiger partial charge in [0.2, 0.25) is 5.91 Å². The average Bonchev–Trinajstić information content (AvgIpc) is 3.23. The molecule has 1 atom stereocenters. The molecule has 9 heteroatoms. The molecule has 0 bridgehead atoms. The Balaban J connectivity index is 1.56. The van der Waals surface area contributed by atoms with Crippen LogP contribution >= 0.6 is 23.1 Å². The van der Waals surface area contributed by atoms with Gasteiger partial charge in [-0.15, -0.1) is 21.5 Å². The lowest BCUT2D eigenvalue weighted by Gasteiger charge is -2.13. The summed E-state index contributed by atoms with van der Waals surface area (Å²) in [7, 11) is 0. The molecule has 0 unspecified atom stereocenters. The molecule has 1 amide bonds. The standard InChI is InChI=1S/C15H21N5O2S2/c1-9-10(2)24-14(16-9)17-13(21)8-23-15-19-18-11(3)20(15)7-12-5-4-6-22-12/h12H,4-8H2,1-3H3,(H,16,17,21)/t12-/m0/s1. The third kappa shape index (κ3) is 4.14. The van der Waals surface area contributed by atoms with Gasteiger partial charge >= 0.3 is 0 Å². The van der Waals surface area contributed by atoms with Crippen molar-refractivity contribution >= 4 is 34.1 Å². The van der Waals surface area contributed by atoms with E-state index >= 15 is 0 Å². The first kappa shape index (κ1) is 17.4. The van der Waals surface area contributed by atoms with Crippen molar-refractivity contribution in [1.82, 2.24) is 19.7 Å². The number of thioether (sulfide) groups is 1. The second kappa shape index (κ2) is 7.62. The minimum absolute atomic E-state index is 0.0851. The minimum Gasteiger partial charge on any atom is -0.376 e. The number of ether oxygens (including phenoxy) is 1. The number of aryl methyl sites for hydroxylation is 3. The zero-order chi connectivity index (χ0) is 17.1. The molecule has 1 aliphatic rings. The quantitative estimate of drug-likeness (QED) is 0.790. The van der Waals surface area contributed by atoms with Gasteiger partial charge in [0.1, 0.15) is 5.82 Å². The minimum atomic E-state index is -0.0851. The van der Waals surface area contributed by atoms with Crippen molar-refractivity contribution in [1.29, 1.82) is 0 Å². The Bertz CT molecular complexity index is 702. The molecule has 1 aliphatic heterocycles. The summed E-state index contributed by atoms with van der Waals surface area (Å²) in [4.78, 5) is 17.6. The summed E-state index contributed by atoms with van der Waals surface area (Å²) in [5.74, 6) is 1.04. The van der Waals surface area contributed by atoms with Gasteiger partial charge in [-0.1, -0.05) is 11.8 Å². The predicted molar refractivity (Wildman–Crippen MR) is 94.7 cm³/mol. The van der Waals surface area contributed by atoms with Crippen LogP contribution in [0.2, 0.25) is 0 Å². The van der Waals surface area contributed by atoms with Crippen molar-refractivity contribution < 1.29 is 9.53 Å². The molecular formula is C15H21N5O2S2. The zero-order valence-electron chi connectivity index (χ0n) is 14.0. The van der Waals surface area contributed by atoms with E-state index in [1.165, 1.54) is 23.1 Å². The Labute approximate surface area is 149 Å². The molecule has 0 spiro atoms. The Morgan fingerprint density at radius 1 is 1.42 bits per heavy atom. The lowest BCUT2D eigenvalue weighted by atomic mass is 10.2. The number of nitrogens with zero attached hydrogens (tertiary/aromatic N) is 4. The van der Waals surface area contributed by atoms with Crippen LogP contribution < -0.4 is 5.32 Å². The normalized spacial score (nSPS) is 17.4. The van der Waals surface area contributed by atoms with Gasteiger partial charge in [0.05, 0.1) is 24.1 Å². The van der Waals surface area contributed by atoms with Gasteiger partial charge in [0, 0.05) is 11.5 Å². The first-order chi connectivity index (χ1) is 11.5. The van der Waals surface area contributed by atoms with Crippen LogP contribution in [-0.2, 0) is 16.1 Å². The van der Waals surface area contributed by atoms with Crippen LogP contribution in [0.5, 0.6) is 0 Å². The molecule has 3 rings (SSSR count). The molecular weight excluding hydrogens is 346 g/mol. The lowest BCUT2D eigenvalue weighted by molar-refractivity contribution is -0.113. The highest BCUT2D eigenvalue weighted by Crippen LogP contribution is 2.23. The van der Waals surface area contributed by atoms with Crippen LogP contribution in [0.3, 0.4) is 0 Å². The van der Waals surface area contributed by atoms with E-state index in [2.05, 4.69) is 20.5 Å². The number of carbonyl (C=O) groups is 1. The summed E-state index contributed by atoms with van der Waals surface area (Å²) in [6.07, 6.45) is 2.38. The summed E-state index contributed by atoms with van der Waals surface area (Å²) in [6.45, 7) is 7.42. The van der Waals surface area contributed by atoms with Crippen LogP contribution in [-0.4, -0.2) is 44.1 Å². The van der Waals surface area contributed by atoms with Crippen molar-refractivity contribution in [2.24, 2.45) is 0 Å². The van der Waals surface area contributed by atoms with Gasteiger partial charge in [-0.2, -0.15) is 0 Å². The van der Waals surface area contributed by atoms with E-state index in [1.54, 1.807) is 0 Å². The maximum Gasteiger partial charge on any atom is 0.236 e. The number of amides is 1.